The van der Waals surface area contributed by atoms with Crippen molar-refractivity contribution < 1.29 is 18.3 Å². The number of thiophene rings is 1. The Hall–Kier alpha value is -1.92. The molecule has 1 N–H and O–H groups in total. The highest BCUT2D eigenvalue weighted by molar-refractivity contribution is 7.10. The minimum absolute atomic E-state index is 0.00432. The number of anilines is 1. The summed E-state index contributed by atoms with van der Waals surface area (Å²) in [6.45, 7) is -2.95. The van der Waals surface area contributed by atoms with E-state index in [4.69, 9.17) is 11.6 Å². The van der Waals surface area contributed by atoms with Gasteiger partial charge in [0.15, 0.2) is 0 Å². The highest BCUT2D eigenvalue weighted by Gasteiger charge is 2.09. The van der Waals surface area contributed by atoms with Crippen molar-refractivity contribution >= 4 is 40.6 Å². The second-order valence-electron chi connectivity index (χ2n) is 3.86. The van der Waals surface area contributed by atoms with Crippen molar-refractivity contribution in [3.8, 4) is 5.75 Å². The van der Waals surface area contributed by atoms with Crippen LogP contribution in [0.5, 0.6) is 5.75 Å². The highest BCUT2D eigenvalue weighted by atomic mass is 35.5. The number of alkyl halides is 2. The summed E-state index contributed by atoms with van der Waals surface area (Å²) in [5, 5.41) is 4.47. The number of hydrogen-bond acceptors (Lipinski definition) is 3. The van der Waals surface area contributed by atoms with Gasteiger partial charge >= 0.3 is 6.61 Å². The van der Waals surface area contributed by atoms with E-state index in [1.54, 1.807) is 6.08 Å². The van der Waals surface area contributed by atoms with Gasteiger partial charge in [-0.2, -0.15) is 8.78 Å². The van der Waals surface area contributed by atoms with Gasteiger partial charge in [0.25, 0.3) is 0 Å². The van der Waals surface area contributed by atoms with Crippen LogP contribution in [0.3, 0.4) is 0 Å². The Morgan fingerprint density at radius 2 is 2.19 bits per heavy atom. The molecular weight excluding hydrogens is 320 g/mol. The van der Waals surface area contributed by atoms with Gasteiger partial charge in [0.1, 0.15) is 5.75 Å². The number of halogens is 3. The van der Waals surface area contributed by atoms with Crippen molar-refractivity contribution in [3.05, 3.63) is 51.7 Å². The van der Waals surface area contributed by atoms with Crippen molar-refractivity contribution in [2.24, 2.45) is 0 Å². The van der Waals surface area contributed by atoms with Gasteiger partial charge in [-0.1, -0.05) is 17.7 Å². The van der Waals surface area contributed by atoms with Gasteiger partial charge in [0, 0.05) is 16.6 Å². The summed E-state index contributed by atoms with van der Waals surface area (Å²) in [5.74, 6) is -0.485. The molecule has 0 aliphatic carbocycles. The van der Waals surface area contributed by atoms with Gasteiger partial charge in [-0.05, 0) is 35.7 Å². The number of carbonyl (C=O) groups excluding carboxylic acids is 1. The fourth-order valence-corrected chi connectivity index (χ4v) is 2.34. The van der Waals surface area contributed by atoms with Gasteiger partial charge in [-0.3, -0.25) is 4.79 Å². The third-order valence-electron chi connectivity index (χ3n) is 2.36. The Bertz CT molecular complexity index is 644. The topological polar surface area (TPSA) is 38.3 Å². The third-order valence-corrected chi connectivity index (χ3v) is 3.49. The maximum atomic E-state index is 12.1. The quantitative estimate of drug-likeness (QED) is 0.810. The highest BCUT2D eigenvalue weighted by Crippen LogP contribution is 2.28. The van der Waals surface area contributed by atoms with Gasteiger partial charge in [-0.25, -0.2) is 0 Å². The average Bonchev–Trinajstić information content (AvgIpc) is 2.92. The predicted molar refractivity (Wildman–Crippen MR) is 80.1 cm³/mol. The van der Waals surface area contributed by atoms with Crippen molar-refractivity contribution in [1.82, 2.24) is 0 Å². The maximum absolute atomic E-state index is 12.1. The Morgan fingerprint density at radius 3 is 2.81 bits per heavy atom. The second kappa shape index (κ2) is 7.19. The van der Waals surface area contributed by atoms with Crippen LogP contribution in [-0.4, -0.2) is 12.5 Å². The van der Waals surface area contributed by atoms with E-state index in [-0.39, 0.29) is 16.7 Å². The van der Waals surface area contributed by atoms with Crippen LogP contribution >= 0.6 is 22.9 Å². The van der Waals surface area contributed by atoms with Gasteiger partial charge < -0.3 is 10.1 Å². The molecule has 0 saturated carbocycles. The van der Waals surface area contributed by atoms with Crippen LogP contribution in [0.25, 0.3) is 6.08 Å². The average molecular weight is 330 g/mol. The molecule has 0 spiro atoms. The Kier molecular flexibility index (Phi) is 5.30. The molecule has 0 fully saturated rings. The van der Waals surface area contributed by atoms with Crippen LogP contribution in [0, 0.1) is 0 Å². The van der Waals surface area contributed by atoms with Gasteiger partial charge in [0.2, 0.25) is 5.91 Å². The summed E-state index contributed by atoms with van der Waals surface area (Å²) in [7, 11) is 0. The minimum atomic E-state index is -2.95. The van der Waals surface area contributed by atoms with Crippen molar-refractivity contribution in [2.75, 3.05) is 5.32 Å². The fraction of sp³-hybridized carbons (Fsp3) is 0.0714. The van der Waals surface area contributed by atoms with E-state index in [2.05, 4.69) is 10.1 Å². The summed E-state index contributed by atoms with van der Waals surface area (Å²) < 4.78 is 28.4. The molecule has 0 radical (unpaired) electrons. The molecule has 110 valence electrons. The molecule has 2 rings (SSSR count). The van der Waals surface area contributed by atoms with Crippen LogP contribution in [0.2, 0.25) is 5.02 Å². The lowest BCUT2D eigenvalue weighted by molar-refractivity contribution is -0.111. The number of carbonyl (C=O) groups is 1. The zero-order valence-corrected chi connectivity index (χ0v) is 12.1. The third kappa shape index (κ3) is 4.84. The molecule has 0 aliphatic heterocycles. The summed E-state index contributed by atoms with van der Waals surface area (Å²) in [6.07, 6.45) is 3.05. The van der Waals surface area contributed by atoms with Crippen LogP contribution < -0.4 is 10.1 Å². The van der Waals surface area contributed by atoms with Crippen molar-refractivity contribution in [2.45, 2.75) is 6.61 Å². The zero-order valence-electron chi connectivity index (χ0n) is 10.6. The normalized spacial score (nSPS) is 11.0. The zero-order chi connectivity index (χ0) is 15.2. The molecule has 1 heterocycles. The van der Waals surface area contributed by atoms with E-state index in [9.17, 15) is 13.6 Å². The lowest BCUT2D eigenvalue weighted by Gasteiger charge is -2.08. The maximum Gasteiger partial charge on any atom is 0.387 e. The molecule has 21 heavy (non-hydrogen) atoms. The molecule has 3 nitrogen and oxygen atoms in total. The molecule has 1 amide bonds. The monoisotopic (exact) mass is 329 g/mol. The molecule has 0 atom stereocenters. The van der Waals surface area contributed by atoms with E-state index < -0.39 is 6.61 Å². The largest absolute Gasteiger partial charge is 0.433 e. The first-order valence-corrected chi connectivity index (χ1v) is 7.07. The van der Waals surface area contributed by atoms with Crippen LogP contribution in [0.15, 0.2) is 41.8 Å². The Labute approximate surface area is 128 Å². The number of ether oxygens (including phenoxy) is 1. The lowest BCUT2D eigenvalue weighted by atomic mass is 10.3. The summed E-state index contributed by atoms with van der Waals surface area (Å²) >= 11 is 7.30. The van der Waals surface area contributed by atoms with E-state index in [0.29, 0.717) is 5.69 Å². The molecule has 1 aromatic carbocycles. The van der Waals surface area contributed by atoms with Gasteiger partial charge in [-0.15, -0.1) is 11.3 Å². The molecule has 7 heteroatoms. The standard InChI is InChI=1S/C14H10ClF2NO2S/c15-11-8-9(3-5-12(11)20-14(16)17)18-13(19)6-4-10-2-1-7-21-10/h1-8,14H,(H,18,19)/b6-4+. The predicted octanol–water partition coefficient (Wildman–Crippen LogP) is 4.65. The second-order valence-corrected chi connectivity index (χ2v) is 5.25. The molecular formula is C14H10ClF2NO2S. The first kappa shape index (κ1) is 15.5. The van der Waals surface area contributed by atoms with Crippen LogP contribution in [0.1, 0.15) is 4.88 Å². The first-order valence-electron chi connectivity index (χ1n) is 5.81. The molecule has 1 aromatic heterocycles. The summed E-state index contributed by atoms with van der Waals surface area (Å²) in [6, 6.07) is 7.80. The summed E-state index contributed by atoms with van der Waals surface area (Å²) in [5.41, 5.74) is 0.391. The number of nitrogens with one attached hydrogen (secondary N) is 1. The number of rotatable bonds is 5. The SMILES string of the molecule is O=C(/C=C/c1cccs1)Nc1ccc(OC(F)F)c(Cl)c1. The number of amides is 1. The number of hydrogen-bond donors (Lipinski definition) is 1. The minimum Gasteiger partial charge on any atom is -0.433 e. The molecule has 0 unspecified atom stereocenters. The Morgan fingerprint density at radius 1 is 1.38 bits per heavy atom. The fourth-order valence-electron chi connectivity index (χ4n) is 1.50. The molecule has 0 aliphatic rings. The smallest absolute Gasteiger partial charge is 0.387 e. The van der Waals surface area contributed by atoms with Crippen LogP contribution in [-0.2, 0) is 4.79 Å². The van der Waals surface area contributed by atoms with Crippen LogP contribution in [0.4, 0.5) is 14.5 Å². The Balaban J connectivity index is 1.99. The molecule has 2 aromatic rings. The van der Waals surface area contributed by atoms with Crippen molar-refractivity contribution in [3.63, 3.8) is 0 Å². The van der Waals surface area contributed by atoms with E-state index in [0.717, 1.165) is 4.88 Å². The van der Waals surface area contributed by atoms with E-state index in [1.807, 2.05) is 17.5 Å². The van der Waals surface area contributed by atoms with E-state index >= 15 is 0 Å². The van der Waals surface area contributed by atoms with Gasteiger partial charge in [0.05, 0.1) is 5.02 Å². The molecule has 0 bridgehead atoms. The number of benzene rings is 1. The molecule has 0 saturated heterocycles. The van der Waals surface area contributed by atoms with E-state index in [1.165, 1.54) is 35.6 Å². The first-order chi connectivity index (χ1) is 10.0. The van der Waals surface area contributed by atoms with Crippen molar-refractivity contribution in [1.29, 1.82) is 0 Å². The summed E-state index contributed by atoms with van der Waals surface area (Å²) in [4.78, 5) is 12.6. The lowest BCUT2D eigenvalue weighted by Crippen LogP contribution is -2.08.